The van der Waals surface area contributed by atoms with E-state index in [0.29, 0.717) is 17.5 Å². The van der Waals surface area contributed by atoms with Crippen LogP contribution in [-0.4, -0.2) is 74.4 Å². The Morgan fingerprint density at radius 2 is 1.96 bits per heavy atom. The lowest BCUT2D eigenvalue weighted by Gasteiger charge is -2.34. The van der Waals surface area contributed by atoms with Crippen molar-refractivity contribution in [3.8, 4) is 0 Å². The Morgan fingerprint density at radius 3 is 2.65 bits per heavy atom. The van der Waals surface area contributed by atoms with E-state index in [-0.39, 0.29) is 5.91 Å². The van der Waals surface area contributed by atoms with Crippen LogP contribution in [0.3, 0.4) is 0 Å². The maximum absolute atomic E-state index is 12.3. The average Bonchev–Trinajstić information content (AvgIpc) is 3.25. The van der Waals surface area contributed by atoms with Crippen LogP contribution in [0.5, 0.6) is 0 Å². The molecule has 1 amide bonds. The third-order valence-corrected chi connectivity index (χ3v) is 5.77. The van der Waals surface area contributed by atoms with Gasteiger partial charge in [-0.15, -0.1) is 16.9 Å². The Kier molecular flexibility index (Phi) is 5.88. The van der Waals surface area contributed by atoms with Crippen LogP contribution in [0.1, 0.15) is 44.5 Å². The van der Waals surface area contributed by atoms with Crippen LogP contribution in [0.25, 0.3) is 0 Å². The zero-order valence-electron chi connectivity index (χ0n) is 13.9. The van der Waals surface area contributed by atoms with E-state index in [1.165, 1.54) is 25.7 Å². The number of rotatable bonds is 6. The second-order valence-corrected chi connectivity index (χ2v) is 7.27. The van der Waals surface area contributed by atoms with Crippen molar-refractivity contribution in [1.29, 1.82) is 0 Å². The molecular formula is C15H26N6OS. The molecule has 8 heteroatoms. The lowest BCUT2D eigenvalue weighted by Crippen LogP contribution is -2.49. The Bertz CT molecular complexity index is 508. The number of thioether (sulfide) groups is 1. The number of hydrogen-bond acceptors (Lipinski definition) is 6. The third kappa shape index (κ3) is 4.23. The first-order valence-electron chi connectivity index (χ1n) is 8.62. The zero-order chi connectivity index (χ0) is 16.1. The van der Waals surface area contributed by atoms with Gasteiger partial charge in [-0.1, -0.05) is 19.8 Å². The number of nitrogens with zero attached hydrogens (tertiary/aromatic N) is 6. The summed E-state index contributed by atoms with van der Waals surface area (Å²) in [5, 5.41) is 12.1. The molecule has 0 aromatic carbocycles. The number of aromatic nitrogens is 4. The summed E-state index contributed by atoms with van der Waals surface area (Å²) in [5.41, 5.74) is 0. The van der Waals surface area contributed by atoms with E-state index in [1.807, 2.05) is 9.58 Å². The van der Waals surface area contributed by atoms with E-state index in [9.17, 15) is 4.79 Å². The predicted octanol–water partition coefficient (Wildman–Crippen LogP) is 1.19. The fourth-order valence-corrected chi connectivity index (χ4v) is 4.21. The first-order valence-corrected chi connectivity index (χ1v) is 9.78. The number of piperazine rings is 1. The maximum atomic E-state index is 12.3. The van der Waals surface area contributed by atoms with Gasteiger partial charge in [-0.25, -0.2) is 4.68 Å². The Hall–Kier alpha value is -1.15. The molecule has 1 saturated heterocycles. The summed E-state index contributed by atoms with van der Waals surface area (Å²) in [5.74, 6) is 2.38. The molecule has 7 nitrogen and oxygen atoms in total. The third-order valence-electron chi connectivity index (χ3n) is 4.86. The molecule has 128 valence electrons. The molecule has 0 bridgehead atoms. The molecule has 1 saturated carbocycles. The van der Waals surface area contributed by atoms with E-state index in [4.69, 9.17) is 0 Å². The van der Waals surface area contributed by atoms with Gasteiger partial charge in [0, 0.05) is 26.2 Å². The number of tetrazole rings is 1. The van der Waals surface area contributed by atoms with Gasteiger partial charge in [0.15, 0.2) is 5.82 Å². The van der Waals surface area contributed by atoms with Crippen LogP contribution < -0.4 is 0 Å². The van der Waals surface area contributed by atoms with E-state index < -0.39 is 0 Å². The topological polar surface area (TPSA) is 67.2 Å². The first-order chi connectivity index (χ1) is 11.3. The molecule has 3 rings (SSSR count). The SMILES string of the molecule is CCN1CCN(C(=O)CSCc2nnnn2C2CCCC2)CC1. The van der Waals surface area contributed by atoms with E-state index in [2.05, 4.69) is 27.3 Å². The normalized spacial score (nSPS) is 20.3. The minimum absolute atomic E-state index is 0.241. The van der Waals surface area contributed by atoms with Gasteiger partial charge in [-0.05, 0) is 29.8 Å². The lowest BCUT2D eigenvalue weighted by atomic mass is 10.2. The standard InChI is InChI=1S/C15H26N6OS/c1-2-19-7-9-20(10-8-19)15(22)12-23-11-14-16-17-18-21(14)13-5-3-4-6-13/h13H,2-12H2,1H3. The quantitative estimate of drug-likeness (QED) is 0.776. The summed E-state index contributed by atoms with van der Waals surface area (Å²) in [6, 6.07) is 0.457. The highest BCUT2D eigenvalue weighted by Gasteiger charge is 2.22. The second-order valence-electron chi connectivity index (χ2n) is 6.29. The van der Waals surface area contributed by atoms with Crippen LogP contribution >= 0.6 is 11.8 Å². The molecule has 0 atom stereocenters. The molecule has 0 spiro atoms. The highest BCUT2D eigenvalue weighted by molar-refractivity contribution is 7.99. The summed E-state index contributed by atoms with van der Waals surface area (Å²) in [4.78, 5) is 16.7. The van der Waals surface area contributed by atoms with Gasteiger partial charge in [0.05, 0.1) is 17.5 Å². The Labute approximate surface area is 141 Å². The van der Waals surface area contributed by atoms with E-state index in [1.54, 1.807) is 11.8 Å². The fourth-order valence-electron chi connectivity index (χ4n) is 3.37. The van der Waals surface area contributed by atoms with Crippen molar-refractivity contribution >= 4 is 17.7 Å². The Balaban J connectivity index is 1.43. The van der Waals surface area contributed by atoms with Crippen molar-refractivity contribution in [2.45, 2.75) is 44.4 Å². The fraction of sp³-hybridized carbons (Fsp3) is 0.867. The largest absolute Gasteiger partial charge is 0.339 e. The first kappa shape index (κ1) is 16.7. The number of carbonyl (C=O) groups is 1. The molecule has 23 heavy (non-hydrogen) atoms. The molecule has 1 aliphatic carbocycles. The molecule has 1 aromatic heterocycles. The number of carbonyl (C=O) groups excluding carboxylic acids is 1. The lowest BCUT2D eigenvalue weighted by molar-refractivity contribution is -0.130. The van der Waals surface area contributed by atoms with Crippen LogP contribution in [-0.2, 0) is 10.5 Å². The van der Waals surface area contributed by atoms with Crippen molar-refractivity contribution in [3.63, 3.8) is 0 Å². The minimum Gasteiger partial charge on any atom is -0.339 e. The van der Waals surface area contributed by atoms with Crippen molar-refractivity contribution in [2.75, 3.05) is 38.5 Å². The number of likely N-dealkylation sites (N-methyl/N-ethyl adjacent to an activating group) is 1. The van der Waals surface area contributed by atoms with Gasteiger partial charge in [0.2, 0.25) is 5.91 Å². The van der Waals surface area contributed by atoms with Gasteiger partial charge in [0.1, 0.15) is 0 Å². The predicted molar refractivity (Wildman–Crippen MR) is 90.2 cm³/mol. The van der Waals surface area contributed by atoms with E-state index >= 15 is 0 Å². The van der Waals surface area contributed by atoms with Crippen LogP contribution in [0.15, 0.2) is 0 Å². The van der Waals surface area contributed by atoms with Crippen molar-refractivity contribution in [3.05, 3.63) is 5.82 Å². The van der Waals surface area contributed by atoms with Crippen molar-refractivity contribution in [2.24, 2.45) is 0 Å². The van der Waals surface area contributed by atoms with Gasteiger partial charge >= 0.3 is 0 Å². The summed E-state index contributed by atoms with van der Waals surface area (Å²) < 4.78 is 1.98. The molecule has 1 aromatic rings. The minimum atomic E-state index is 0.241. The molecule has 2 heterocycles. The van der Waals surface area contributed by atoms with E-state index in [0.717, 1.165) is 38.5 Å². The van der Waals surface area contributed by atoms with Gasteiger partial charge in [0.25, 0.3) is 0 Å². The zero-order valence-corrected chi connectivity index (χ0v) is 14.7. The van der Waals surface area contributed by atoms with Gasteiger partial charge < -0.3 is 9.80 Å². The molecule has 2 fully saturated rings. The van der Waals surface area contributed by atoms with Crippen LogP contribution in [0, 0.1) is 0 Å². The summed E-state index contributed by atoms with van der Waals surface area (Å²) in [7, 11) is 0. The average molecular weight is 338 g/mol. The highest BCUT2D eigenvalue weighted by atomic mass is 32.2. The number of hydrogen-bond donors (Lipinski definition) is 0. The summed E-state index contributed by atoms with van der Waals surface area (Å²) in [6.45, 7) is 6.93. The smallest absolute Gasteiger partial charge is 0.232 e. The molecule has 0 N–H and O–H groups in total. The van der Waals surface area contributed by atoms with Crippen LogP contribution in [0.4, 0.5) is 0 Å². The maximum Gasteiger partial charge on any atom is 0.232 e. The van der Waals surface area contributed by atoms with Gasteiger partial charge in [-0.2, -0.15) is 0 Å². The molecule has 2 aliphatic rings. The second kappa shape index (κ2) is 8.10. The van der Waals surface area contributed by atoms with Crippen LogP contribution in [0.2, 0.25) is 0 Å². The molecular weight excluding hydrogens is 312 g/mol. The summed E-state index contributed by atoms with van der Waals surface area (Å²) in [6.07, 6.45) is 4.87. The van der Waals surface area contributed by atoms with Gasteiger partial charge in [-0.3, -0.25) is 4.79 Å². The summed E-state index contributed by atoms with van der Waals surface area (Å²) >= 11 is 1.62. The highest BCUT2D eigenvalue weighted by Crippen LogP contribution is 2.29. The molecule has 0 radical (unpaired) electrons. The molecule has 0 unspecified atom stereocenters. The van der Waals surface area contributed by atoms with Crippen molar-refractivity contribution < 1.29 is 4.79 Å². The number of amides is 1. The van der Waals surface area contributed by atoms with Crippen molar-refractivity contribution in [1.82, 2.24) is 30.0 Å². The Morgan fingerprint density at radius 1 is 1.22 bits per heavy atom. The monoisotopic (exact) mass is 338 g/mol. The molecule has 1 aliphatic heterocycles.